The second-order valence-corrected chi connectivity index (χ2v) is 9.93. The fourth-order valence-electron chi connectivity index (χ4n) is 3.39. The number of thiophene rings is 1. The van der Waals surface area contributed by atoms with Crippen molar-refractivity contribution in [3.05, 3.63) is 26.6 Å². The van der Waals surface area contributed by atoms with Crippen LogP contribution in [0.3, 0.4) is 0 Å². The van der Waals surface area contributed by atoms with Gasteiger partial charge in [0.15, 0.2) is 0 Å². The third-order valence-electron chi connectivity index (χ3n) is 5.29. The van der Waals surface area contributed by atoms with Crippen molar-refractivity contribution in [1.29, 1.82) is 0 Å². The molecule has 0 spiro atoms. The van der Waals surface area contributed by atoms with E-state index in [2.05, 4.69) is 15.3 Å². The first-order valence-electron chi connectivity index (χ1n) is 10.1. The fourth-order valence-corrected chi connectivity index (χ4v) is 5.20. The highest BCUT2D eigenvalue weighted by molar-refractivity contribution is 7.99. The lowest BCUT2D eigenvalue weighted by Crippen LogP contribution is -2.48. The van der Waals surface area contributed by atoms with E-state index in [0.29, 0.717) is 49.5 Å². The first-order valence-corrected chi connectivity index (χ1v) is 12.0. The van der Waals surface area contributed by atoms with Crippen LogP contribution in [0.1, 0.15) is 43.0 Å². The van der Waals surface area contributed by atoms with Crippen LogP contribution in [-0.2, 0) is 15.3 Å². The molecule has 0 bridgehead atoms. The molecular formula is C20H28N4O4S2. The maximum atomic E-state index is 12.6. The number of fused-ring (bicyclic) bond motifs is 1. The summed E-state index contributed by atoms with van der Waals surface area (Å²) in [6, 6.07) is 0.0533. The van der Waals surface area contributed by atoms with Crippen LogP contribution in [0.25, 0.3) is 10.2 Å². The van der Waals surface area contributed by atoms with Crippen LogP contribution >= 0.6 is 23.1 Å². The van der Waals surface area contributed by atoms with Gasteiger partial charge in [-0.25, -0.2) is 9.78 Å². The lowest BCUT2D eigenvalue weighted by Gasteiger charge is -2.32. The van der Waals surface area contributed by atoms with Crippen molar-refractivity contribution < 1.29 is 14.3 Å². The number of piperidine rings is 1. The Morgan fingerprint density at radius 1 is 1.37 bits per heavy atom. The van der Waals surface area contributed by atoms with Gasteiger partial charge in [-0.05, 0) is 46.1 Å². The third kappa shape index (κ3) is 5.15. The summed E-state index contributed by atoms with van der Waals surface area (Å²) in [4.78, 5) is 47.6. The topological polar surface area (TPSA) is 104 Å². The summed E-state index contributed by atoms with van der Waals surface area (Å²) in [6.45, 7) is 9.08. The zero-order valence-corrected chi connectivity index (χ0v) is 19.4. The number of rotatable bonds is 6. The van der Waals surface area contributed by atoms with Gasteiger partial charge in [0.05, 0.1) is 23.0 Å². The number of nitrogens with one attached hydrogen (secondary N) is 2. The lowest BCUT2D eigenvalue weighted by molar-refractivity contribution is -0.121. The molecule has 0 aliphatic carbocycles. The highest BCUT2D eigenvalue weighted by Crippen LogP contribution is 2.26. The van der Waals surface area contributed by atoms with Gasteiger partial charge in [0.1, 0.15) is 10.7 Å². The van der Waals surface area contributed by atoms with E-state index in [1.54, 1.807) is 11.8 Å². The first-order chi connectivity index (χ1) is 14.3. The molecule has 0 radical (unpaired) electrons. The van der Waals surface area contributed by atoms with Gasteiger partial charge in [-0.15, -0.1) is 23.1 Å². The molecule has 0 saturated carbocycles. The quantitative estimate of drug-likeness (QED) is 0.698. The summed E-state index contributed by atoms with van der Waals surface area (Å²) < 4.78 is 5.02. The van der Waals surface area contributed by atoms with Crippen LogP contribution in [0.4, 0.5) is 4.79 Å². The molecule has 2 N–H and O–H groups in total. The molecule has 2 amide bonds. The van der Waals surface area contributed by atoms with Crippen molar-refractivity contribution in [2.24, 2.45) is 0 Å². The van der Waals surface area contributed by atoms with E-state index < -0.39 is 0 Å². The number of aryl methyl sites for hydroxylation is 2. The molecular weight excluding hydrogens is 424 g/mol. The molecule has 2 aromatic heterocycles. The van der Waals surface area contributed by atoms with Crippen molar-refractivity contribution in [3.63, 3.8) is 0 Å². The largest absolute Gasteiger partial charge is 0.450 e. The summed E-state index contributed by atoms with van der Waals surface area (Å²) in [7, 11) is 0. The monoisotopic (exact) mass is 452 g/mol. The van der Waals surface area contributed by atoms with Crippen LogP contribution in [-0.4, -0.2) is 57.9 Å². The number of hydrogen-bond donors (Lipinski definition) is 2. The van der Waals surface area contributed by atoms with Crippen LogP contribution in [0, 0.1) is 13.8 Å². The van der Waals surface area contributed by atoms with E-state index in [0.717, 1.165) is 15.3 Å². The number of amides is 2. The molecule has 0 aromatic carbocycles. The van der Waals surface area contributed by atoms with Crippen LogP contribution in [0.5, 0.6) is 0 Å². The van der Waals surface area contributed by atoms with E-state index in [9.17, 15) is 14.4 Å². The molecule has 1 atom stereocenters. The lowest BCUT2D eigenvalue weighted by atomic mass is 10.1. The second-order valence-electron chi connectivity index (χ2n) is 7.40. The summed E-state index contributed by atoms with van der Waals surface area (Å²) in [5, 5.41) is 3.45. The molecule has 30 heavy (non-hydrogen) atoms. The summed E-state index contributed by atoms with van der Waals surface area (Å²) in [5.41, 5.74) is 0.854. The molecule has 3 rings (SSSR count). The van der Waals surface area contributed by atoms with Gasteiger partial charge in [0, 0.05) is 24.0 Å². The minimum absolute atomic E-state index is 0.0409. The normalized spacial score (nSPS) is 15.9. The number of carbonyl (C=O) groups excluding carboxylic acids is 2. The van der Waals surface area contributed by atoms with Crippen LogP contribution in [0.15, 0.2) is 4.79 Å². The Hall–Kier alpha value is -2.07. The third-order valence-corrected chi connectivity index (χ3v) is 7.55. The smallest absolute Gasteiger partial charge is 0.409 e. The Morgan fingerprint density at radius 3 is 2.73 bits per heavy atom. The molecule has 8 nitrogen and oxygen atoms in total. The molecule has 1 fully saturated rings. The minimum Gasteiger partial charge on any atom is -0.450 e. The Bertz CT molecular complexity index is 979. The van der Waals surface area contributed by atoms with Gasteiger partial charge in [0.2, 0.25) is 5.91 Å². The van der Waals surface area contributed by atoms with Gasteiger partial charge in [-0.1, -0.05) is 0 Å². The maximum absolute atomic E-state index is 12.6. The van der Waals surface area contributed by atoms with Gasteiger partial charge < -0.3 is 19.9 Å². The molecule has 2 aromatic rings. The Labute approximate surface area is 183 Å². The van der Waals surface area contributed by atoms with Gasteiger partial charge in [-0.2, -0.15) is 0 Å². The van der Waals surface area contributed by atoms with Gasteiger partial charge >= 0.3 is 6.09 Å². The van der Waals surface area contributed by atoms with Crippen molar-refractivity contribution >= 4 is 45.3 Å². The first kappa shape index (κ1) is 22.6. The molecule has 164 valence electrons. The summed E-state index contributed by atoms with van der Waals surface area (Å²) >= 11 is 2.96. The van der Waals surface area contributed by atoms with E-state index in [1.165, 1.54) is 23.1 Å². The summed E-state index contributed by atoms with van der Waals surface area (Å²) in [6.07, 6.45) is 1.13. The number of aromatic amines is 1. The maximum Gasteiger partial charge on any atom is 0.409 e. The number of nitrogens with zero attached hydrogens (tertiary/aromatic N) is 2. The zero-order valence-electron chi connectivity index (χ0n) is 17.7. The van der Waals surface area contributed by atoms with Crippen molar-refractivity contribution in [2.45, 2.75) is 57.6 Å². The average molecular weight is 453 g/mol. The predicted molar refractivity (Wildman–Crippen MR) is 120 cm³/mol. The standard InChI is InChI=1S/C20H28N4O4S2/c1-5-28-20(27)24-8-6-14(7-9-24)21-17(25)13(4)29-10-15-22-18(26)16-11(2)12(3)30-19(16)23-15/h13-14H,5-10H2,1-4H3,(H,21,25)(H,22,23,26). The van der Waals surface area contributed by atoms with E-state index in [1.807, 2.05) is 20.8 Å². The predicted octanol–water partition coefficient (Wildman–Crippen LogP) is 2.96. The Morgan fingerprint density at radius 2 is 2.07 bits per heavy atom. The van der Waals surface area contributed by atoms with E-state index in [4.69, 9.17) is 4.74 Å². The molecule has 1 saturated heterocycles. The highest BCUT2D eigenvalue weighted by Gasteiger charge is 2.26. The molecule has 1 aliphatic rings. The van der Waals surface area contributed by atoms with Gasteiger partial charge in [0.25, 0.3) is 5.56 Å². The molecule has 1 unspecified atom stereocenters. The number of H-pyrrole nitrogens is 1. The fraction of sp³-hybridized carbons (Fsp3) is 0.600. The Balaban J connectivity index is 1.50. The number of hydrogen-bond acceptors (Lipinski definition) is 7. The van der Waals surface area contributed by atoms with Crippen LogP contribution in [0.2, 0.25) is 0 Å². The number of ether oxygens (including phenoxy) is 1. The Kier molecular flexibility index (Phi) is 7.41. The van der Waals surface area contributed by atoms with Crippen molar-refractivity contribution in [1.82, 2.24) is 20.2 Å². The number of aromatic nitrogens is 2. The van der Waals surface area contributed by atoms with Crippen molar-refractivity contribution in [2.75, 3.05) is 19.7 Å². The SMILES string of the molecule is CCOC(=O)N1CCC(NC(=O)C(C)SCc2nc3sc(C)c(C)c3c(=O)[nH]2)CC1. The van der Waals surface area contributed by atoms with E-state index in [-0.39, 0.29) is 28.9 Å². The van der Waals surface area contributed by atoms with E-state index >= 15 is 0 Å². The van der Waals surface area contributed by atoms with Crippen molar-refractivity contribution in [3.8, 4) is 0 Å². The molecule has 3 heterocycles. The zero-order chi connectivity index (χ0) is 21.8. The summed E-state index contributed by atoms with van der Waals surface area (Å²) in [5.74, 6) is 0.999. The van der Waals surface area contributed by atoms with Gasteiger partial charge in [-0.3, -0.25) is 9.59 Å². The molecule has 1 aliphatic heterocycles. The number of likely N-dealkylation sites (tertiary alicyclic amines) is 1. The minimum atomic E-state index is -0.291. The van der Waals surface area contributed by atoms with Crippen LogP contribution < -0.4 is 10.9 Å². The number of carbonyl (C=O) groups is 2. The molecule has 10 heteroatoms. The highest BCUT2D eigenvalue weighted by atomic mass is 32.2. The second kappa shape index (κ2) is 9.82. The number of thioether (sulfide) groups is 1. The average Bonchev–Trinajstić information content (AvgIpc) is 3.00.